The molecule has 0 aromatic carbocycles. The highest BCUT2D eigenvalue weighted by Gasteiger charge is 2.13. The van der Waals surface area contributed by atoms with E-state index in [0.29, 0.717) is 6.42 Å². The fourth-order valence-electron chi connectivity index (χ4n) is 4.50. The first-order valence-corrected chi connectivity index (χ1v) is 18.0. The Balaban J connectivity index is 3.74. The summed E-state index contributed by atoms with van der Waals surface area (Å²) in [5, 5.41) is 20.0. The number of allylic oxidation sites excluding steroid dienone is 11. The molecule has 0 spiro atoms. The van der Waals surface area contributed by atoms with Crippen LogP contribution in [-0.2, 0) is 19.1 Å². The monoisotopic (exact) mass is 642 g/mol. The van der Waals surface area contributed by atoms with Crippen molar-refractivity contribution in [2.45, 2.75) is 149 Å². The molecule has 0 aromatic heterocycles. The second-order valence-electron chi connectivity index (χ2n) is 12.3. The predicted octanol–water partition coefficient (Wildman–Crippen LogP) is 9.83. The zero-order chi connectivity index (χ0) is 33.9. The number of hydrogen-bond donors (Lipinski definition) is 2. The molecule has 0 amide bonds. The summed E-state index contributed by atoms with van der Waals surface area (Å²) in [5.74, 6) is -0.0418. The van der Waals surface area contributed by atoms with E-state index in [1.807, 2.05) is 12.2 Å². The largest absolute Gasteiger partial charge is 0.463 e. The van der Waals surface area contributed by atoms with Crippen molar-refractivity contribution < 1.29 is 29.3 Å². The van der Waals surface area contributed by atoms with Gasteiger partial charge in [-0.3, -0.25) is 9.59 Å². The number of hydrogen-bond acceptors (Lipinski definition) is 6. The number of unbranched alkanes of at least 4 members (excludes halogenated alkanes) is 8. The topological polar surface area (TPSA) is 93.1 Å². The van der Waals surface area contributed by atoms with E-state index in [0.717, 1.165) is 57.3 Å². The van der Waals surface area contributed by atoms with Gasteiger partial charge in [0, 0.05) is 12.8 Å². The van der Waals surface area contributed by atoms with Crippen molar-refractivity contribution in [3.8, 4) is 0 Å². The molecule has 0 aromatic rings. The number of carbonyl (C=O) groups excluding carboxylic acids is 2. The third kappa shape index (κ3) is 34.2. The summed E-state index contributed by atoms with van der Waals surface area (Å²) < 4.78 is 10.2. The molecule has 1 unspecified atom stereocenters. The van der Waals surface area contributed by atoms with Gasteiger partial charge in [0.1, 0.15) is 19.3 Å². The van der Waals surface area contributed by atoms with Crippen molar-refractivity contribution in [1.29, 1.82) is 0 Å². The van der Waals surface area contributed by atoms with E-state index >= 15 is 0 Å². The maximum absolute atomic E-state index is 11.9. The molecule has 6 nitrogen and oxygen atoms in total. The summed E-state index contributed by atoms with van der Waals surface area (Å²) in [6.45, 7) is 6.26. The SMILES string of the molecule is CC/C=C\C/C=C\C/C=C\C/C=C\C/C=C\C=C/C(O)CCC(=O)OC[C@@H](O)COC(=O)CCCCCCCCCCCC(C)C. The van der Waals surface area contributed by atoms with E-state index in [-0.39, 0.29) is 32.0 Å². The van der Waals surface area contributed by atoms with Crippen LogP contribution >= 0.6 is 0 Å². The van der Waals surface area contributed by atoms with Crippen molar-refractivity contribution in [1.82, 2.24) is 0 Å². The Bertz CT molecular complexity index is 895. The highest BCUT2D eigenvalue weighted by Crippen LogP contribution is 2.13. The van der Waals surface area contributed by atoms with Crippen molar-refractivity contribution in [2.24, 2.45) is 5.92 Å². The van der Waals surface area contributed by atoms with Crippen LogP contribution in [0.5, 0.6) is 0 Å². The van der Waals surface area contributed by atoms with Crippen molar-refractivity contribution in [2.75, 3.05) is 13.2 Å². The van der Waals surface area contributed by atoms with Gasteiger partial charge in [-0.2, -0.15) is 0 Å². The zero-order valence-electron chi connectivity index (χ0n) is 29.3. The third-order valence-corrected chi connectivity index (χ3v) is 7.25. The minimum Gasteiger partial charge on any atom is -0.463 e. The second kappa shape index (κ2) is 33.7. The van der Waals surface area contributed by atoms with E-state index < -0.39 is 18.2 Å². The molecule has 6 heteroatoms. The Morgan fingerprint density at radius 2 is 1.02 bits per heavy atom. The van der Waals surface area contributed by atoms with Gasteiger partial charge in [0.25, 0.3) is 0 Å². The van der Waals surface area contributed by atoms with Crippen molar-refractivity contribution in [3.05, 3.63) is 72.9 Å². The van der Waals surface area contributed by atoms with Gasteiger partial charge in [-0.15, -0.1) is 0 Å². The lowest BCUT2D eigenvalue weighted by Gasteiger charge is -2.12. The molecule has 2 atom stereocenters. The molecule has 0 aliphatic rings. The molecule has 0 saturated carbocycles. The zero-order valence-corrected chi connectivity index (χ0v) is 29.3. The van der Waals surface area contributed by atoms with Gasteiger partial charge in [-0.25, -0.2) is 0 Å². The van der Waals surface area contributed by atoms with E-state index in [4.69, 9.17) is 9.47 Å². The lowest BCUT2D eigenvalue weighted by molar-refractivity contribution is -0.152. The van der Waals surface area contributed by atoms with Crippen molar-refractivity contribution >= 4 is 11.9 Å². The minimum absolute atomic E-state index is 0.0296. The van der Waals surface area contributed by atoms with Crippen molar-refractivity contribution in [3.63, 3.8) is 0 Å². The van der Waals surface area contributed by atoms with E-state index in [1.54, 1.807) is 12.2 Å². The van der Waals surface area contributed by atoms with Crippen LogP contribution in [0.3, 0.4) is 0 Å². The fraction of sp³-hybridized carbons (Fsp3) is 0.650. The molecular formula is C40H66O6. The molecule has 0 aliphatic heterocycles. The number of esters is 2. The lowest BCUT2D eigenvalue weighted by Crippen LogP contribution is -2.25. The first kappa shape index (κ1) is 43.3. The van der Waals surface area contributed by atoms with E-state index in [2.05, 4.69) is 69.4 Å². The summed E-state index contributed by atoms with van der Waals surface area (Å²) >= 11 is 0. The van der Waals surface area contributed by atoms with Gasteiger partial charge >= 0.3 is 11.9 Å². The Labute approximate surface area is 281 Å². The van der Waals surface area contributed by atoms with Crippen LogP contribution in [0.1, 0.15) is 136 Å². The van der Waals surface area contributed by atoms with Gasteiger partial charge in [0.15, 0.2) is 0 Å². The molecule has 0 fully saturated rings. The van der Waals surface area contributed by atoms with Crippen LogP contribution in [0, 0.1) is 5.92 Å². The standard InChI is InChI=1S/C40H66O6/c1-4-5-6-7-8-9-10-11-12-13-14-15-18-21-24-27-30-37(41)32-33-40(44)46-35-38(42)34-45-39(43)31-28-25-22-19-16-17-20-23-26-29-36(2)3/h5-6,8-9,11-12,14-15,21,24,27,30,36-38,41-42H,4,7,10,13,16-20,22-23,25-26,28-29,31-35H2,1-3H3/b6-5-,9-8-,12-11-,15-14-,24-21-,30-27-/t37?,38-/m0/s1. The predicted molar refractivity (Wildman–Crippen MR) is 192 cm³/mol. The summed E-state index contributed by atoms with van der Waals surface area (Å²) in [4.78, 5) is 23.9. The Morgan fingerprint density at radius 3 is 1.54 bits per heavy atom. The maximum Gasteiger partial charge on any atom is 0.305 e. The molecular weight excluding hydrogens is 576 g/mol. The smallest absolute Gasteiger partial charge is 0.305 e. The first-order valence-electron chi connectivity index (χ1n) is 18.0. The van der Waals surface area contributed by atoms with Crippen LogP contribution < -0.4 is 0 Å². The summed E-state index contributed by atoms with van der Waals surface area (Å²) in [5.41, 5.74) is 0. The number of aliphatic hydroxyl groups is 2. The molecule has 2 N–H and O–H groups in total. The maximum atomic E-state index is 11.9. The average molecular weight is 643 g/mol. The van der Waals surface area contributed by atoms with Gasteiger partial charge in [0.2, 0.25) is 0 Å². The van der Waals surface area contributed by atoms with Gasteiger partial charge in [0.05, 0.1) is 6.10 Å². The number of carbonyl (C=O) groups is 2. The van der Waals surface area contributed by atoms with Crippen LogP contribution in [0.4, 0.5) is 0 Å². The molecule has 46 heavy (non-hydrogen) atoms. The summed E-state index contributed by atoms with van der Waals surface area (Å²) in [6, 6.07) is 0. The number of ether oxygens (including phenoxy) is 2. The molecule has 0 aliphatic carbocycles. The van der Waals surface area contributed by atoms with Gasteiger partial charge < -0.3 is 19.7 Å². The molecule has 0 rings (SSSR count). The second-order valence-corrected chi connectivity index (χ2v) is 12.3. The normalized spacial score (nSPS) is 13.9. The molecule has 0 radical (unpaired) electrons. The van der Waals surface area contributed by atoms with Crippen LogP contribution in [-0.4, -0.2) is 47.6 Å². The number of aliphatic hydroxyl groups excluding tert-OH is 2. The fourth-order valence-corrected chi connectivity index (χ4v) is 4.50. The average Bonchev–Trinajstić information content (AvgIpc) is 3.03. The Hall–Kier alpha value is -2.70. The minimum atomic E-state index is -1.06. The Kier molecular flexibility index (Phi) is 31.7. The third-order valence-electron chi connectivity index (χ3n) is 7.25. The highest BCUT2D eigenvalue weighted by atomic mass is 16.6. The summed E-state index contributed by atoms with van der Waals surface area (Å²) in [6.07, 6.45) is 40.1. The van der Waals surface area contributed by atoms with Gasteiger partial charge in [-0.1, -0.05) is 151 Å². The van der Waals surface area contributed by atoms with Gasteiger partial charge in [-0.05, 0) is 50.9 Å². The Morgan fingerprint density at radius 1 is 0.565 bits per heavy atom. The first-order chi connectivity index (χ1) is 22.3. The van der Waals surface area contributed by atoms with E-state index in [1.165, 1.54) is 44.9 Å². The van der Waals surface area contributed by atoms with E-state index in [9.17, 15) is 19.8 Å². The van der Waals surface area contributed by atoms with Crippen LogP contribution in [0.2, 0.25) is 0 Å². The number of rotatable bonds is 30. The van der Waals surface area contributed by atoms with Crippen LogP contribution in [0.15, 0.2) is 72.9 Å². The molecule has 0 bridgehead atoms. The highest BCUT2D eigenvalue weighted by molar-refractivity contribution is 5.69. The molecule has 0 heterocycles. The van der Waals surface area contributed by atoms with Crippen LogP contribution in [0.25, 0.3) is 0 Å². The lowest BCUT2D eigenvalue weighted by atomic mass is 10.0. The molecule has 0 saturated heterocycles. The quantitative estimate of drug-likeness (QED) is 0.0351. The molecule has 262 valence electrons. The summed E-state index contributed by atoms with van der Waals surface area (Å²) in [7, 11) is 0.